The molecule has 0 radical (unpaired) electrons. The van der Waals surface area contributed by atoms with Gasteiger partial charge >= 0.3 is 0 Å². The summed E-state index contributed by atoms with van der Waals surface area (Å²) in [5.41, 5.74) is 1.36. The Morgan fingerprint density at radius 3 is 2.68 bits per heavy atom. The van der Waals surface area contributed by atoms with Crippen molar-refractivity contribution in [1.82, 2.24) is 15.5 Å². The Labute approximate surface area is 148 Å². The molecule has 2 saturated heterocycles. The van der Waals surface area contributed by atoms with Crippen LogP contribution in [-0.4, -0.2) is 42.4 Å². The first-order valence-corrected chi connectivity index (χ1v) is 9.09. The summed E-state index contributed by atoms with van der Waals surface area (Å²) >= 11 is 0. The third-order valence-electron chi connectivity index (χ3n) is 5.24. The highest BCUT2D eigenvalue weighted by Crippen LogP contribution is 2.20. The van der Waals surface area contributed by atoms with Crippen molar-refractivity contribution >= 4 is 11.8 Å². The number of nitrogens with zero attached hydrogens (tertiary/aromatic N) is 1. The smallest absolute Gasteiger partial charge is 0.239 e. The second-order valence-electron chi connectivity index (χ2n) is 7.05. The number of piperidine rings is 1. The van der Waals surface area contributed by atoms with Crippen LogP contribution in [0.2, 0.25) is 0 Å². The third kappa shape index (κ3) is 4.37. The predicted molar refractivity (Wildman–Crippen MR) is 93.3 cm³/mol. The number of nitrogens with one attached hydrogen (secondary N) is 2. The highest BCUT2D eigenvalue weighted by Gasteiger charge is 2.31. The van der Waals surface area contributed by atoms with Crippen LogP contribution in [0.4, 0.5) is 4.39 Å². The zero-order chi connectivity index (χ0) is 17.8. The van der Waals surface area contributed by atoms with Gasteiger partial charge in [-0.25, -0.2) is 4.39 Å². The van der Waals surface area contributed by atoms with Crippen molar-refractivity contribution in [3.05, 3.63) is 35.1 Å². The Balaban J connectivity index is 1.44. The number of likely N-dealkylation sites (tertiary alicyclic amines) is 1. The molecule has 0 saturated carbocycles. The molecular weight excluding hydrogens is 321 g/mol. The van der Waals surface area contributed by atoms with Crippen LogP contribution in [0, 0.1) is 18.7 Å². The molecule has 1 unspecified atom stereocenters. The first-order chi connectivity index (χ1) is 12.0. The Bertz CT molecular complexity index is 636. The number of hydrogen-bond acceptors (Lipinski definition) is 3. The minimum Gasteiger partial charge on any atom is -0.352 e. The molecule has 2 amide bonds. The predicted octanol–water partition coefficient (Wildman–Crippen LogP) is 1.74. The van der Waals surface area contributed by atoms with Crippen LogP contribution < -0.4 is 10.6 Å². The summed E-state index contributed by atoms with van der Waals surface area (Å²) in [4.78, 5) is 26.6. The van der Waals surface area contributed by atoms with E-state index in [2.05, 4.69) is 10.6 Å². The fourth-order valence-corrected chi connectivity index (χ4v) is 3.56. The van der Waals surface area contributed by atoms with Crippen LogP contribution >= 0.6 is 0 Å². The van der Waals surface area contributed by atoms with Gasteiger partial charge in [-0.3, -0.25) is 9.59 Å². The minimum absolute atomic E-state index is 0.00734. The number of aryl methyl sites for hydroxylation is 1. The molecule has 1 aromatic rings. The van der Waals surface area contributed by atoms with Crippen LogP contribution in [0.5, 0.6) is 0 Å². The van der Waals surface area contributed by atoms with Crippen molar-refractivity contribution in [3.8, 4) is 0 Å². The molecule has 0 spiro atoms. The lowest BCUT2D eigenvalue weighted by Gasteiger charge is -2.33. The maximum Gasteiger partial charge on any atom is 0.239 e. The number of hydrogen-bond donors (Lipinski definition) is 2. The van der Waals surface area contributed by atoms with Crippen molar-refractivity contribution in [2.75, 3.05) is 19.6 Å². The lowest BCUT2D eigenvalue weighted by Crippen LogP contribution is -2.48. The first kappa shape index (κ1) is 17.9. The second kappa shape index (κ2) is 7.95. The lowest BCUT2D eigenvalue weighted by atomic mass is 9.95. The van der Waals surface area contributed by atoms with E-state index in [0.29, 0.717) is 38.0 Å². The molecule has 2 heterocycles. The van der Waals surface area contributed by atoms with E-state index in [1.165, 1.54) is 6.07 Å². The Morgan fingerprint density at radius 1 is 1.28 bits per heavy atom. The molecule has 2 N–H and O–H groups in total. The molecule has 5 nitrogen and oxygen atoms in total. The Morgan fingerprint density at radius 2 is 2.04 bits per heavy atom. The van der Waals surface area contributed by atoms with Gasteiger partial charge in [0, 0.05) is 25.6 Å². The van der Waals surface area contributed by atoms with Gasteiger partial charge in [0.15, 0.2) is 0 Å². The summed E-state index contributed by atoms with van der Waals surface area (Å²) < 4.78 is 13.5. The quantitative estimate of drug-likeness (QED) is 0.872. The monoisotopic (exact) mass is 347 g/mol. The molecule has 3 rings (SSSR count). The maximum atomic E-state index is 13.5. The summed E-state index contributed by atoms with van der Waals surface area (Å²) in [6.07, 6.45) is 3.33. The van der Waals surface area contributed by atoms with Crippen LogP contribution in [0.25, 0.3) is 0 Å². The molecule has 25 heavy (non-hydrogen) atoms. The van der Waals surface area contributed by atoms with Gasteiger partial charge in [-0.1, -0.05) is 12.1 Å². The van der Waals surface area contributed by atoms with Crippen LogP contribution in [-0.2, 0) is 16.1 Å². The zero-order valence-corrected chi connectivity index (χ0v) is 14.7. The average molecular weight is 347 g/mol. The van der Waals surface area contributed by atoms with Gasteiger partial charge in [0.1, 0.15) is 5.82 Å². The van der Waals surface area contributed by atoms with Crippen molar-refractivity contribution < 1.29 is 14.0 Å². The Hall–Kier alpha value is -1.95. The molecule has 2 fully saturated rings. The number of carbonyl (C=O) groups excluding carboxylic acids is 2. The van der Waals surface area contributed by atoms with E-state index >= 15 is 0 Å². The van der Waals surface area contributed by atoms with Gasteiger partial charge in [-0.15, -0.1) is 0 Å². The van der Waals surface area contributed by atoms with Gasteiger partial charge in [-0.05, 0) is 56.3 Å². The zero-order valence-electron chi connectivity index (χ0n) is 14.7. The molecule has 2 aliphatic rings. The van der Waals surface area contributed by atoms with Crippen molar-refractivity contribution in [3.63, 3.8) is 0 Å². The summed E-state index contributed by atoms with van der Waals surface area (Å²) in [6.45, 7) is 4.23. The fourth-order valence-electron chi connectivity index (χ4n) is 3.56. The highest BCUT2D eigenvalue weighted by atomic mass is 19.1. The van der Waals surface area contributed by atoms with E-state index in [0.717, 1.165) is 24.9 Å². The summed E-state index contributed by atoms with van der Waals surface area (Å²) in [6, 6.07) is 4.97. The van der Waals surface area contributed by atoms with Gasteiger partial charge in [0.05, 0.1) is 6.04 Å². The highest BCUT2D eigenvalue weighted by molar-refractivity contribution is 5.83. The van der Waals surface area contributed by atoms with Gasteiger partial charge in [-0.2, -0.15) is 0 Å². The largest absolute Gasteiger partial charge is 0.352 e. The van der Waals surface area contributed by atoms with E-state index in [9.17, 15) is 14.0 Å². The van der Waals surface area contributed by atoms with Crippen LogP contribution in [0.3, 0.4) is 0 Å². The summed E-state index contributed by atoms with van der Waals surface area (Å²) in [5, 5.41) is 6.13. The van der Waals surface area contributed by atoms with Crippen molar-refractivity contribution in [1.29, 1.82) is 0 Å². The number of amides is 2. The second-order valence-corrected chi connectivity index (χ2v) is 7.05. The van der Waals surface area contributed by atoms with Crippen LogP contribution in [0.15, 0.2) is 18.2 Å². The molecule has 0 aliphatic carbocycles. The molecule has 2 aliphatic heterocycles. The molecule has 1 atom stereocenters. The maximum absolute atomic E-state index is 13.5. The molecular formula is C19H26FN3O2. The van der Waals surface area contributed by atoms with Gasteiger partial charge in [0.25, 0.3) is 0 Å². The van der Waals surface area contributed by atoms with E-state index in [4.69, 9.17) is 0 Å². The molecule has 0 bridgehead atoms. The summed E-state index contributed by atoms with van der Waals surface area (Å²) in [7, 11) is 0. The fraction of sp³-hybridized carbons (Fsp3) is 0.579. The molecule has 1 aromatic carbocycles. The van der Waals surface area contributed by atoms with Crippen LogP contribution in [0.1, 0.15) is 36.8 Å². The molecule has 136 valence electrons. The average Bonchev–Trinajstić information content (AvgIpc) is 3.16. The Kier molecular flexibility index (Phi) is 5.68. The minimum atomic E-state index is -0.251. The van der Waals surface area contributed by atoms with E-state index in [1.54, 1.807) is 13.0 Å². The summed E-state index contributed by atoms with van der Waals surface area (Å²) in [5.74, 6) is -0.159. The van der Waals surface area contributed by atoms with E-state index < -0.39 is 0 Å². The molecule has 0 aromatic heterocycles. The number of rotatable bonds is 4. The normalized spacial score (nSPS) is 21.4. The number of carbonyl (C=O) groups is 2. The van der Waals surface area contributed by atoms with Crippen molar-refractivity contribution in [2.45, 2.75) is 45.2 Å². The van der Waals surface area contributed by atoms with Crippen molar-refractivity contribution in [2.24, 2.45) is 5.92 Å². The number of benzene rings is 1. The van der Waals surface area contributed by atoms with E-state index in [1.807, 2.05) is 11.0 Å². The third-order valence-corrected chi connectivity index (χ3v) is 5.24. The number of halogens is 1. The van der Waals surface area contributed by atoms with Gasteiger partial charge < -0.3 is 15.5 Å². The SMILES string of the molecule is Cc1ccc(CNC(=O)C2CCN(C(=O)C3CCCN3)CC2)cc1F. The van der Waals surface area contributed by atoms with E-state index in [-0.39, 0.29) is 29.6 Å². The lowest BCUT2D eigenvalue weighted by molar-refractivity contribution is -0.137. The topological polar surface area (TPSA) is 61.4 Å². The first-order valence-electron chi connectivity index (χ1n) is 9.09. The standard InChI is InChI=1S/C19H26FN3O2/c1-13-4-5-14(11-16(13)20)12-22-18(24)15-6-9-23(10-7-15)19(25)17-3-2-8-21-17/h4-5,11,15,17,21H,2-3,6-10,12H2,1H3,(H,22,24). The van der Waals surface area contributed by atoms with Gasteiger partial charge in [0.2, 0.25) is 11.8 Å². The molecule has 6 heteroatoms.